The zero-order chi connectivity index (χ0) is 10.2. The summed E-state index contributed by atoms with van der Waals surface area (Å²) in [7, 11) is 0. The Morgan fingerprint density at radius 3 is 1.83 bits per heavy atom. The van der Waals surface area contributed by atoms with Crippen molar-refractivity contribution >= 4 is 5.97 Å². The minimum atomic E-state index is -3.86. The number of halogens is 2. The van der Waals surface area contributed by atoms with Crippen molar-refractivity contribution in [2.45, 2.75) is 32.7 Å². The van der Waals surface area contributed by atoms with Crippen molar-refractivity contribution in [2.24, 2.45) is 11.1 Å². The topological polar surface area (TPSA) is 63.3 Å². The van der Waals surface area contributed by atoms with Gasteiger partial charge in [0.25, 0.3) is 0 Å². The number of carboxylic acid groups (broad SMARTS) is 1. The van der Waals surface area contributed by atoms with E-state index in [4.69, 9.17) is 10.8 Å². The second-order valence-electron chi connectivity index (χ2n) is 3.77. The lowest BCUT2D eigenvalue weighted by atomic mass is 9.83. The van der Waals surface area contributed by atoms with Gasteiger partial charge in [-0.2, -0.15) is 8.78 Å². The molecular weight excluding hydrogens is 168 g/mol. The zero-order valence-corrected chi connectivity index (χ0v) is 7.27. The third kappa shape index (κ3) is 2.14. The van der Waals surface area contributed by atoms with E-state index < -0.39 is 23.3 Å². The lowest BCUT2D eigenvalue weighted by Gasteiger charge is -2.30. The van der Waals surface area contributed by atoms with Gasteiger partial charge in [0.15, 0.2) is 0 Å². The van der Waals surface area contributed by atoms with Crippen LogP contribution < -0.4 is 5.73 Å². The molecule has 0 unspecified atom stereocenters. The molecule has 0 bridgehead atoms. The molecule has 0 aromatic rings. The van der Waals surface area contributed by atoms with Gasteiger partial charge in [0.2, 0.25) is 0 Å². The maximum Gasteiger partial charge on any atom is 0.376 e. The van der Waals surface area contributed by atoms with Crippen LogP contribution in [0.4, 0.5) is 8.78 Å². The molecule has 12 heavy (non-hydrogen) atoms. The number of carbonyl (C=O) groups is 1. The summed E-state index contributed by atoms with van der Waals surface area (Å²) in [5.74, 6) is -6.04. The van der Waals surface area contributed by atoms with Gasteiger partial charge in [0, 0.05) is 0 Å². The van der Waals surface area contributed by atoms with E-state index in [0.29, 0.717) is 0 Å². The molecule has 0 aliphatic heterocycles. The van der Waals surface area contributed by atoms with Crippen molar-refractivity contribution in [2.75, 3.05) is 0 Å². The van der Waals surface area contributed by atoms with Crippen LogP contribution in [0.1, 0.15) is 20.8 Å². The highest BCUT2D eigenvalue weighted by Crippen LogP contribution is 2.30. The van der Waals surface area contributed by atoms with Gasteiger partial charge in [-0.1, -0.05) is 20.8 Å². The number of hydrogen-bond donors (Lipinski definition) is 2. The van der Waals surface area contributed by atoms with Crippen LogP contribution in [0.15, 0.2) is 0 Å². The molecule has 0 saturated heterocycles. The van der Waals surface area contributed by atoms with E-state index in [9.17, 15) is 13.6 Å². The first-order valence-corrected chi connectivity index (χ1v) is 3.47. The number of hydrogen-bond acceptors (Lipinski definition) is 2. The summed E-state index contributed by atoms with van der Waals surface area (Å²) in [5, 5.41) is 8.14. The van der Waals surface area contributed by atoms with Crippen LogP contribution in [0, 0.1) is 5.41 Å². The highest BCUT2D eigenvalue weighted by atomic mass is 19.3. The average Bonchev–Trinajstić information content (AvgIpc) is 1.83. The van der Waals surface area contributed by atoms with E-state index in [1.54, 1.807) is 0 Å². The van der Waals surface area contributed by atoms with Gasteiger partial charge in [0.1, 0.15) is 0 Å². The minimum absolute atomic E-state index is 0.929. The van der Waals surface area contributed by atoms with Crippen LogP contribution in [-0.4, -0.2) is 23.0 Å². The van der Waals surface area contributed by atoms with Crippen molar-refractivity contribution < 1.29 is 18.7 Å². The van der Waals surface area contributed by atoms with Crippen LogP contribution in [0.2, 0.25) is 0 Å². The quantitative estimate of drug-likeness (QED) is 0.670. The van der Waals surface area contributed by atoms with Crippen molar-refractivity contribution in [3.8, 4) is 0 Å². The Labute approximate surface area is 69.6 Å². The fourth-order valence-corrected chi connectivity index (χ4v) is 0.677. The SMILES string of the molecule is CC(C)(C)[C@H](N)C(F)(F)C(=O)O. The summed E-state index contributed by atoms with van der Waals surface area (Å²) in [5.41, 5.74) is 4.17. The first kappa shape index (κ1) is 11.3. The predicted molar refractivity (Wildman–Crippen MR) is 40.0 cm³/mol. The zero-order valence-electron chi connectivity index (χ0n) is 7.27. The maximum atomic E-state index is 12.7. The normalized spacial score (nSPS) is 15.8. The van der Waals surface area contributed by atoms with Crippen LogP contribution in [0.5, 0.6) is 0 Å². The number of carboxylic acids is 1. The third-order valence-electron chi connectivity index (χ3n) is 1.61. The monoisotopic (exact) mass is 181 g/mol. The molecule has 0 fully saturated rings. The smallest absolute Gasteiger partial charge is 0.376 e. The summed E-state index contributed by atoms with van der Waals surface area (Å²) in [6, 6.07) is -1.68. The Morgan fingerprint density at radius 1 is 1.42 bits per heavy atom. The van der Waals surface area contributed by atoms with Gasteiger partial charge in [-0.25, -0.2) is 4.79 Å². The van der Waals surface area contributed by atoms with Crippen molar-refractivity contribution in [1.29, 1.82) is 0 Å². The predicted octanol–water partition coefficient (Wildman–Crippen LogP) is 1.08. The molecule has 3 N–H and O–H groups in total. The van der Waals surface area contributed by atoms with Gasteiger partial charge in [0.05, 0.1) is 6.04 Å². The second-order valence-corrected chi connectivity index (χ2v) is 3.77. The summed E-state index contributed by atoms with van der Waals surface area (Å²) in [4.78, 5) is 10.1. The van der Waals surface area contributed by atoms with Crippen LogP contribution in [-0.2, 0) is 4.79 Å². The number of nitrogens with two attached hydrogens (primary N) is 1. The molecule has 0 spiro atoms. The van der Waals surface area contributed by atoms with Crippen LogP contribution in [0.25, 0.3) is 0 Å². The number of aliphatic carboxylic acids is 1. The Balaban J connectivity index is 4.69. The van der Waals surface area contributed by atoms with E-state index in [2.05, 4.69) is 0 Å². The average molecular weight is 181 g/mol. The molecule has 0 aliphatic rings. The molecule has 72 valence electrons. The van der Waals surface area contributed by atoms with E-state index in [1.807, 2.05) is 0 Å². The number of alkyl halides is 2. The van der Waals surface area contributed by atoms with Crippen molar-refractivity contribution in [3.63, 3.8) is 0 Å². The maximum absolute atomic E-state index is 12.7. The highest BCUT2D eigenvalue weighted by molar-refractivity contribution is 5.76. The largest absolute Gasteiger partial charge is 0.477 e. The molecule has 0 saturated carbocycles. The lowest BCUT2D eigenvalue weighted by Crippen LogP contribution is -2.54. The molecule has 0 aromatic heterocycles. The Hall–Kier alpha value is -0.710. The summed E-state index contributed by atoms with van der Waals surface area (Å²) in [6.07, 6.45) is 0. The van der Waals surface area contributed by atoms with E-state index >= 15 is 0 Å². The van der Waals surface area contributed by atoms with Gasteiger partial charge in [-0.3, -0.25) is 0 Å². The fraction of sp³-hybridized carbons (Fsp3) is 0.857. The molecule has 0 rings (SSSR count). The van der Waals surface area contributed by atoms with E-state index in [-0.39, 0.29) is 0 Å². The first-order valence-electron chi connectivity index (χ1n) is 3.47. The minimum Gasteiger partial charge on any atom is -0.477 e. The molecule has 0 aromatic carbocycles. The Kier molecular flexibility index (Phi) is 2.79. The molecule has 0 heterocycles. The Morgan fingerprint density at radius 2 is 1.75 bits per heavy atom. The number of rotatable bonds is 2. The standard InChI is InChI=1S/C7H13F2NO2/c1-6(2,3)4(10)7(8,9)5(11)12/h4H,10H2,1-3H3,(H,11,12)/t4-/m0/s1. The molecule has 1 atom stereocenters. The molecule has 0 aliphatic carbocycles. The van der Waals surface area contributed by atoms with Gasteiger partial charge in [-0.05, 0) is 5.41 Å². The molecule has 0 amide bonds. The van der Waals surface area contributed by atoms with E-state index in [0.717, 1.165) is 0 Å². The summed E-state index contributed by atoms with van der Waals surface area (Å²) in [6.45, 7) is 4.40. The lowest BCUT2D eigenvalue weighted by molar-refractivity contribution is -0.172. The molecule has 3 nitrogen and oxygen atoms in total. The van der Waals surface area contributed by atoms with Gasteiger partial charge < -0.3 is 10.8 Å². The van der Waals surface area contributed by atoms with Gasteiger partial charge >= 0.3 is 11.9 Å². The van der Waals surface area contributed by atoms with Gasteiger partial charge in [-0.15, -0.1) is 0 Å². The molecular formula is C7H13F2NO2. The summed E-state index contributed by atoms with van der Waals surface area (Å²) >= 11 is 0. The second kappa shape index (κ2) is 2.97. The first-order chi connectivity index (χ1) is 5.10. The highest BCUT2D eigenvalue weighted by Gasteiger charge is 2.50. The van der Waals surface area contributed by atoms with Crippen molar-refractivity contribution in [1.82, 2.24) is 0 Å². The Bertz CT molecular complexity index is 186. The third-order valence-corrected chi connectivity index (χ3v) is 1.61. The molecule has 0 radical (unpaired) electrons. The van der Waals surface area contributed by atoms with Crippen molar-refractivity contribution in [3.05, 3.63) is 0 Å². The molecule has 5 heteroatoms. The van der Waals surface area contributed by atoms with Crippen LogP contribution >= 0.6 is 0 Å². The fourth-order valence-electron chi connectivity index (χ4n) is 0.677. The van der Waals surface area contributed by atoms with Crippen LogP contribution in [0.3, 0.4) is 0 Å². The van der Waals surface area contributed by atoms with E-state index in [1.165, 1.54) is 20.8 Å². The summed E-state index contributed by atoms with van der Waals surface area (Å²) < 4.78 is 25.4.